The summed E-state index contributed by atoms with van der Waals surface area (Å²) in [5.41, 5.74) is 1.43. The molecule has 0 atom stereocenters. The zero-order valence-electron chi connectivity index (χ0n) is 11.4. The number of halogens is 2. The van der Waals surface area contributed by atoms with Gasteiger partial charge < -0.3 is 10.1 Å². The lowest BCUT2D eigenvalue weighted by atomic mass is 10.2. The SMILES string of the molecule is COCc1nc(CCNC(=O)c2ccc(Cl)c(Cl)c2)cs1. The average Bonchev–Trinajstić information content (AvgIpc) is 2.90. The smallest absolute Gasteiger partial charge is 0.251 e. The van der Waals surface area contributed by atoms with E-state index < -0.39 is 0 Å². The van der Waals surface area contributed by atoms with Crippen LogP contribution in [0.1, 0.15) is 21.1 Å². The molecule has 21 heavy (non-hydrogen) atoms. The molecular weight excluding hydrogens is 331 g/mol. The van der Waals surface area contributed by atoms with Gasteiger partial charge in [0.25, 0.3) is 5.91 Å². The summed E-state index contributed by atoms with van der Waals surface area (Å²) >= 11 is 13.3. The monoisotopic (exact) mass is 344 g/mol. The van der Waals surface area contributed by atoms with Gasteiger partial charge in [0.15, 0.2) is 0 Å². The van der Waals surface area contributed by atoms with Gasteiger partial charge in [0, 0.05) is 31.0 Å². The molecule has 0 radical (unpaired) electrons. The molecule has 0 aliphatic heterocycles. The van der Waals surface area contributed by atoms with Gasteiger partial charge in [0.2, 0.25) is 0 Å². The van der Waals surface area contributed by atoms with E-state index in [2.05, 4.69) is 10.3 Å². The minimum absolute atomic E-state index is 0.180. The average molecular weight is 345 g/mol. The van der Waals surface area contributed by atoms with Crippen LogP contribution in [0.3, 0.4) is 0 Å². The fraction of sp³-hybridized carbons (Fsp3) is 0.286. The van der Waals surface area contributed by atoms with Crippen molar-refractivity contribution in [2.45, 2.75) is 13.0 Å². The highest BCUT2D eigenvalue weighted by Gasteiger charge is 2.08. The molecule has 0 unspecified atom stereocenters. The molecule has 1 N–H and O–H groups in total. The predicted molar refractivity (Wildman–Crippen MR) is 85.3 cm³/mol. The number of benzene rings is 1. The summed E-state index contributed by atoms with van der Waals surface area (Å²) in [6, 6.07) is 4.80. The van der Waals surface area contributed by atoms with E-state index in [1.165, 1.54) is 0 Å². The number of hydrogen-bond donors (Lipinski definition) is 1. The first-order valence-electron chi connectivity index (χ1n) is 6.25. The summed E-state index contributed by atoms with van der Waals surface area (Å²) in [6.45, 7) is 1.02. The van der Waals surface area contributed by atoms with Gasteiger partial charge >= 0.3 is 0 Å². The molecule has 0 aliphatic rings. The molecule has 0 fully saturated rings. The highest BCUT2D eigenvalue weighted by atomic mass is 35.5. The molecule has 0 saturated carbocycles. The van der Waals surface area contributed by atoms with Crippen molar-refractivity contribution in [3.63, 3.8) is 0 Å². The molecule has 1 aromatic heterocycles. The Balaban J connectivity index is 1.84. The molecule has 112 valence electrons. The third kappa shape index (κ3) is 4.68. The maximum absolute atomic E-state index is 12.0. The standard InChI is InChI=1S/C14H14Cl2N2O2S/c1-20-7-13-18-10(8-21-13)4-5-17-14(19)9-2-3-11(15)12(16)6-9/h2-3,6,8H,4-5,7H2,1H3,(H,17,19). The maximum atomic E-state index is 12.0. The first kappa shape index (κ1) is 16.2. The topological polar surface area (TPSA) is 51.2 Å². The van der Waals surface area contributed by atoms with Gasteiger partial charge in [-0.15, -0.1) is 11.3 Å². The van der Waals surface area contributed by atoms with E-state index in [1.54, 1.807) is 36.6 Å². The van der Waals surface area contributed by atoms with Gasteiger partial charge in [-0.2, -0.15) is 0 Å². The minimum atomic E-state index is -0.180. The van der Waals surface area contributed by atoms with Crippen molar-refractivity contribution in [2.75, 3.05) is 13.7 Å². The number of methoxy groups -OCH3 is 1. The summed E-state index contributed by atoms with van der Waals surface area (Å²) in [5, 5.41) is 6.53. The lowest BCUT2D eigenvalue weighted by molar-refractivity contribution is 0.0954. The summed E-state index contributed by atoms with van der Waals surface area (Å²) in [6.07, 6.45) is 0.674. The Morgan fingerprint density at radius 3 is 2.90 bits per heavy atom. The fourth-order valence-corrected chi connectivity index (χ4v) is 2.79. The van der Waals surface area contributed by atoms with Crippen molar-refractivity contribution in [2.24, 2.45) is 0 Å². The summed E-state index contributed by atoms with van der Waals surface area (Å²) < 4.78 is 5.02. The molecule has 0 spiro atoms. The lowest BCUT2D eigenvalue weighted by Gasteiger charge is -2.05. The number of thiazole rings is 1. The zero-order chi connectivity index (χ0) is 15.2. The van der Waals surface area contributed by atoms with Crippen LogP contribution in [0.2, 0.25) is 10.0 Å². The molecule has 7 heteroatoms. The van der Waals surface area contributed by atoms with Crippen LogP contribution in [-0.4, -0.2) is 24.5 Å². The van der Waals surface area contributed by atoms with Crippen LogP contribution in [0.5, 0.6) is 0 Å². The van der Waals surface area contributed by atoms with Crippen molar-refractivity contribution in [3.05, 3.63) is 49.9 Å². The van der Waals surface area contributed by atoms with Crippen molar-refractivity contribution in [1.29, 1.82) is 0 Å². The molecule has 4 nitrogen and oxygen atoms in total. The highest BCUT2D eigenvalue weighted by Crippen LogP contribution is 2.22. The zero-order valence-corrected chi connectivity index (χ0v) is 13.7. The van der Waals surface area contributed by atoms with Crippen LogP contribution in [0.15, 0.2) is 23.6 Å². The van der Waals surface area contributed by atoms with Gasteiger partial charge in [-0.1, -0.05) is 23.2 Å². The quantitative estimate of drug-likeness (QED) is 0.871. The number of amides is 1. The normalized spacial score (nSPS) is 10.6. The van der Waals surface area contributed by atoms with Gasteiger partial charge in [0.05, 0.1) is 22.3 Å². The van der Waals surface area contributed by atoms with E-state index in [4.69, 9.17) is 27.9 Å². The highest BCUT2D eigenvalue weighted by molar-refractivity contribution is 7.09. The molecular formula is C14H14Cl2N2O2S. The summed E-state index contributed by atoms with van der Waals surface area (Å²) in [4.78, 5) is 16.4. The Hall–Kier alpha value is -1.14. The maximum Gasteiger partial charge on any atom is 0.251 e. The van der Waals surface area contributed by atoms with Gasteiger partial charge in [-0.25, -0.2) is 4.98 Å². The van der Waals surface area contributed by atoms with Crippen LogP contribution >= 0.6 is 34.5 Å². The van der Waals surface area contributed by atoms with Gasteiger partial charge in [0.1, 0.15) is 5.01 Å². The fourth-order valence-electron chi connectivity index (χ4n) is 1.70. The third-order valence-corrected chi connectivity index (χ3v) is 4.33. The molecule has 0 saturated heterocycles. The van der Waals surface area contributed by atoms with E-state index in [-0.39, 0.29) is 5.91 Å². The predicted octanol–water partition coefficient (Wildman–Crippen LogP) is 3.57. The van der Waals surface area contributed by atoms with E-state index in [0.717, 1.165) is 10.7 Å². The minimum Gasteiger partial charge on any atom is -0.378 e. The number of aromatic nitrogens is 1. The number of nitrogens with one attached hydrogen (secondary N) is 1. The summed E-state index contributed by atoms with van der Waals surface area (Å²) in [7, 11) is 1.64. The van der Waals surface area contributed by atoms with E-state index in [9.17, 15) is 4.79 Å². The molecule has 1 aromatic carbocycles. The molecule has 2 aromatic rings. The Bertz CT molecular complexity index is 631. The molecule has 1 amide bonds. The van der Waals surface area contributed by atoms with Crippen LogP contribution < -0.4 is 5.32 Å². The Kier molecular flexibility index (Phi) is 5.99. The van der Waals surface area contributed by atoms with Crippen LogP contribution in [0, 0.1) is 0 Å². The number of hydrogen-bond acceptors (Lipinski definition) is 4. The van der Waals surface area contributed by atoms with Crippen LogP contribution in [0.25, 0.3) is 0 Å². The Morgan fingerprint density at radius 1 is 1.38 bits per heavy atom. The number of ether oxygens (including phenoxy) is 1. The summed E-state index contributed by atoms with van der Waals surface area (Å²) in [5.74, 6) is -0.180. The largest absolute Gasteiger partial charge is 0.378 e. The van der Waals surface area contributed by atoms with Crippen LogP contribution in [0.4, 0.5) is 0 Å². The van der Waals surface area contributed by atoms with Crippen molar-refractivity contribution < 1.29 is 9.53 Å². The van der Waals surface area contributed by atoms with Crippen molar-refractivity contribution >= 4 is 40.4 Å². The molecule has 1 heterocycles. The van der Waals surface area contributed by atoms with Gasteiger partial charge in [-0.3, -0.25) is 4.79 Å². The Labute approximate surface area is 137 Å². The molecule has 2 rings (SSSR count). The van der Waals surface area contributed by atoms with Crippen molar-refractivity contribution in [3.8, 4) is 0 Å². The third-order valence-electron chi connectivity index (χ3n) is 2.72. The van der Waals surface area contributed by atoms with Crippen LogP contribution in [-0.2, 0) is 17.8 Å². The second-order valence-electron chi connectivity index (χ2n) is 4.30. The number of nitrogens with zero attached hydrogens (tertiary/aromatic N) is 1. The second kappa shape index (κ2) is 7.75. The first-order chi connectivity index (χ1) is 10.1. The number of carbonyl (C=O) groups excluding carboxylic acids is 1. The van der Waals surface area contributed by atoms with E-state index >= 15 is 0 Å². The first-order valence-corrected chi connectivity index (χ1v) is 7.89. The molecule has 0 bridgehead atoms. The second-order valence-corrected chi connectivity index (χ2v) is 6.06. The number of carbonyl (C=O) groups is 1. The number of rotatable bonds is 6. The van der Waals surface area contributed by atoms with Crippen molar-refractivity contribution in [1.82, 2.24) is 10.3 Å². The molecule has 0 aliphatic carbocycles. The van der Waals surface area contributed by atoms with E-state index in [0.29, 0.717) is 35.2 Å². The van der Waals surface area contributed by atoms with E-state index in [1.807, 2.05) is 5.38 Å². The Morgan fingerprint density at radius 2 is 2.19 bits per heavy atom. The lowest BCUT2D eigenvalue weighted by Crippen LogP contribution is -2.25. The van der Waals surface area contributed by atoms with Gasteiger partial charge in [-0.05, 0) is 18.2 Å².